The Kier molecular flexibility index (Phi) is 4.76. The molecule has 0 bridgehead atoms. The van der Waals surface area contributed by atoms with E-state index in [1.54, 1.807) is 31.2 Å². The van der Waals surface area contributed by atoms with Crippen LogP contribution in [0.5, 0.6) is 0 Å². The second-order valence-corrected chi connectivity index (χ2v) is 8.38. The number of halogens is 2. The summed E-state index contributed by atoms with van der Waals surface area (Å²) >= 11 is 10.7. The molecule has 0 radical (unpaired) electrons. The van der Waals surface area contributed by atoms with E-state index in [9.17, 15) is 8.42 Å². The van der Waals surface area contributed by atoms with E-state index in [4.69, 9.17) is 17.3 Å². The molecule has 2 aromatic rings. The Hall–Kier alpha value is -0.600. The first-order valence-corrected chi connectivity index (χ1v) is 9.08. The highest BCUT2D eigenvalue weighted by molar-refractivity contribution is 9.10. The van der Waals surface area contributed by atoms with Crippen LogP contribution in [-0.2, 0) is 16.6 Å². The molecule has 0 aliphatic heterocycles. The lowest BCUT2D eigenvalue weighted by molar-refractivity contribution is 0.601. The molecule has 0 spiro atoms. The number of nitrogens with one attached hydrogen (secondary N) is 1. The molecule has 0 unspecified atom stereocenters. The molecular weight excluding hydrogens is 384 g/mol. The lowest BCUT2D eigenvalue weighted by Crippen LogP contribution is -2.13. The van der Waals surface area contributed by atoms with Crippen LogP contribution in [0, 0.1) is 6.92 Å². The van der Waals surface area contributed by atoms with Crippen molar-refractivity contribution in [3.63, 3.8) is 0 Å². The molecule has 3 N–H and O–H groups in total. The number of sulfonamides is 1. The normalized spacial score (nSPS) is 11.6. The van der Waals surface area contributed by atoms with Crippen LogP contribution in [0.1, 0.15) is 9.75 Å². The Morgan fingerprint density at radius 1 is 1.40 bits per heavy atom. The maximum absolute atomic E-state index is 12.4. The van der Waals surface area contributed by atoms with Crippen molar-refractivity contribution in [2.45, 2.75) is 18.4 Å². The van der Waals surface area contributed by atoms with Gasteiger partial charge in [0.2, 0.25) is 0 Å². The maximum atomic E-state index is 12.4. The van der Waals surface area contributed by atoms with E-state index >= 15 is 0 Å². The van der Waals surface area contributed by atoms with E-state index in [1.165, 1.54) is 11.3 Å². The van der Waals surface area contributed by atoms with Gasteiger partial charge in [0.1, 0.15) is 4.90 Å². The predicted octanol–water partition coefficient (Wildman–Crippen LogP) is 3.73. The lowest BCUT2D eigenvalue weighted by atomic mass is 10.3. The summed E-state index contributed by atoms with van der Waals surface area (Å²) in [5, 5.41) is 0.329. The zero-order valence-electron chi connectivity index (χ0n) is 10.5. The number of aryl methyl sites for hydroxylation is 1. The van der Waals surface area contributed by atoms with Crippen molar-refractivity contribution >= 4 is 54.6 Å². The second-order valence-electron chi connectivity index (χ2n) is 4.07. The Balaban J connectivity index is 2.38. The number of anilines is 1. The first-order chi connectivity index (χ1) is 9.33. The highest BCUT2D eigenvalue weighted by Gasteiger charge is 2.20. The average molecular weight is 396 g/mol. The van der Waals surface area contributed by atoms with Crippen molar-refractivity contribution in [3.8, 4) is 0 Å². The number of hydrogen-bond acceptors (Lipinski definition) is 4. The summed E-state index contributed by atoms with van der Waals surface area (Å²) in [4.78, 5) is 1.76. The molecule has 0 amide bonds. The summed E-state index contributed by atoms with van der Waals surface area (Å²) in [5.41, 5.74) is 5.88. The Morgan fingerprint density at radius 3 is 2.65 bits per heavy atom. The van der Waals surface area contributed by atoms with Gasteiger partial charge in [-0.05, 0) is 31.2 Å². The molecule has 2 rings (SSSR count). The Bertz CT molecular complexity index is 744. The minimum absolute atomic E-state index is 0.238. The van der Waals surface area contributed by atoms with Crippen LogP contribution in [0.15, 0.2) is 33.6 Å². The minimum Gasteiger partial charge on any atom is -0.326 e. The lowest BCUT2D eigenvalue weighted by Gasteiger charge is -2.09. The van der Waals surface area contributed by atoms with Gasteiger partial charge in [-0.2, -0.15) is 0 Å². The third-order valence-corrected chi connectivity index (χ3v) is 6.09. The number of hydrogen-bond donors (Lipinski definition) is 2. The first kappa shape index (κ1) is 15.8. The van der Waals surface area contributed by atoms with Crippen molar-refractivity contribution < 1.29 is 8.42 Å². The summed E-state index contributed by atoms with van der Waals surface area (Å²) in [5.74, 6) is 0. The largest absolute Gasteiger partial charge is 0.326 e. The van der Waals surface area contributed by atoms with E-state index in [2.05, 4.69) is 20.7 Å². The molecule has 0 aliphatic carbocycles. The van der Waals surface area contributed by atoms with Gasteiger partial charge in [0.25, 0.3) is 10.0 Å². The summed E-state index contributed by atoms with van der Waals surface area (Å²) in [7, 11) is -3.66. The molecule has 20 heavy (non-hydrogen) atoms. The average Bonchev–Trinajstić information content (AvgIpc) is 2.75. The Morgan fingerprint density at radius 2 is 2.10 bits per heavy atom. The number of thiophene rings is 1. The van der Waals surface area contributed by atoms with E-state index in [0.717, 1.165) is 9.35 Å². The number of nitrogens with two attached hydrogens (primary N) is 1. The Labute approximate surface area is 135 Å². The zero-order chi connectivity index (χ0) is 14.9. The fourth-order valence-electron chi connectivity index (χ4n) is 1.66. The van der Waals surface area contributed by atoms with Crippen LogP contribution in [0.3, 0.4) is 0 Å². The van der Waals surface area contributed by atoms with Gasteiger partial charge in [0.05, 0.1) is 10.7 Å². The van der Waals surface area contributed by atoms with Crippen LogP contribution in [0.2, 0.25) is 5.02 Å². The smallest absolute Gasteiger partial charge is 0.263 e. The third kappa shape index (κ3) is 3.35. The van der Waals surface area contributed by atoms with Crippen LogP contribution in [0.25, 0.3) is 0 Å². The van der Waals surface area contributed by atoms with Gasteiger partial charge < -0.3 is 5.73 Å². The van der Waals surface area contributed by atoms with Gasteiger partial charge in [-0.3, -0.25) is 4.72 Å². The topological polar surface area (TPSA) is 72.2 Å². The molecule has 1 aromatic heterocycles. The van der Waals surface area contributed by atoms with Crippen molar-refractivity contribution in [3.05, 3.63) is 43.5 Å². The molecule has 1 aromatic carbocycles. The molecule has 108 valence electrons. The van der Waals surface area contributed by atoms with Gasteiger partial charge in [0, 0.05) is 20.8 Å². The fourth-order valence-corrected chi connectivity index (χ4v) is 5.04. The predicted molar refractivity (Wildman–Crippen MR) is 86.9 cm³/mol. The molecule has 0 atom stereocenters. The molecule has 0 saturated carbocycles. The second kappa shape index (κ2) is 6.03. The monoisotopic (exact) mass is 394 g/mol. The molecule has 0 fully saturated rings. The fraction of sp³-hybridized carbons (Fsp3) is 0.167. The van der Waals surface area contributed by atoms with Crippen LogP contribution < -0.4 is 10.5 Å². The van der Waals surface area contributed by atoms with E-state index in [0.29, 0.717) is 22.1 Å². The molecule has 1 heterocycles. The zero-order valence-corrected chi connectivity index (χ0v) is 14.5. The minimum atomic E-state index is -3.66. The molecule has 0 saturated heterocycles. The van der Waals surface area contributed by atoms with E-state index in [-0.39, 0.29) is 4.90 Å². The highest BCUT2D eigenvalue weighted by atomic mass is 79.9. The standard InChI is InChI=1S/C12H12BrClN2O2S2/c1-7-12(5-9(6-15)19-7)20(17,18)16-11-3-2-8(13)4-10(11)14/h2-5,16H,6,15H2,1H3. The quantitative estimate of drug-likeness (QED) is 0.828. The molecule has 0 aliphatic rings. The number of rotatable bonds is 4. The van der Waals surface area contributed by atoms with E-state index in [1.807, 2.05) is 0 Å². The molecular formula is C12H12BrClN2O2S2. The number of benzene rings is 1. The van der Waals surface area contributed by atoms with Crippen LogP contribution in [-0.4, -0.2) is 8.42 Å². The van der Waals surface area contributed by atoms with Crippen molar-refractivity contribution in [1.82, 2.24) is 0 Å². The third-order valence-electron chi connectivity index (χ3n) is 2.59. The SMILES string of the molecule is Cc1sc(CN)cc1S(=O)(=O)Nc1ccc(Br)cc1Cl. The van der Waals surface area contributed by atoms with Crippen LogP contribution in [0.4, 0.5) is 5.69 Å². The van der Waals surface area contributed by atoms with Gasteiger partial charge in [-0.1, -0.05) is 27.5 Å². The summed E-state index contributed by atoms with van der Waals surface area (Å²) in [6.45, 7) is 2.07. The summed E-state index contributed by atoms with van der Waals surface area (Å²) < 4.78 is 28.0. The first-order valence-electron chi connectivity index (χ1n) is 5.60. The molecule has 8 heteroatoms. The van der Waals surface area contributed by atoms with Crippen molar-refractivity contribution in [2.24, 2.45) is 5.73 Å². The summed E-state index contributed by atoms with van der Waals surface area (Å²) in [6, 6.07) is 6.55. The van der Waals surface area contributed by atoms with E-state index < -0.39 is 10.0 Å². The maximum Gasteiger partial charge on any atom is 0.263 e. The van der Waals surface area contributed by atoms with Gasteiger partial charge in [-0.25, -0.2) is 8.42 Å². The summed E-state index contributed by atoms with van der Waals surface area (Å²) in [6.07, 6.45) is 0. The van der Waals surface area contributed by atoms with Gasteiger partial charge in [0.15, 0.2) is 0 Å². The highest BCUT2D eigenvalue weighted by Crippen LogP contribution is 2.30. The van der Waals surface area contributed by atoms with Crippen molar-refractivity contribution in [2.75, 3.05) is 4.72 Å². The van der Waals surface area contributed by atoms with Gasteiger partial charge in [-0.15, -0.1) is 11.3 Å². The van der Waals surface area contributed by atoms with Crippen molar-refractivity contribution in [1.29, 1.82) is 0 Å². The van der Waals surface area contributed by atoms with Gasteiger partial charge >= 0.3 is 0 Å². The van der Waals surface area contributed by atoms with Crippen LogP contribution >= 0.6 is 38.9 Å². The molecule has 4 nitrogen and oxygen atoms in total.